The van der Waals surface area contributed by atoms with Gasteiger partial charge < -0.3 is 4.43 Å². The van der Waals surface area contributed by atoms with Crippen LogP contribution in [0.25, 0.3) is 0 Å². The summed E-state index contributed by atoms with van der Waals surface area (Å²) in [6, 6.07) is 8.69. The first-order valence-electron chi connectivity index (χ1n) is 4.30. The fourth-order valence-corrected chi connectivity index (χ4v) is 2.72. The second kappa shape index (κ2) is 4.31. The van der Waals surface area contributed by atoms with Gasteiger partial charge in [0, 0.05) is 12.0 Å². The monoisotopic (exact) mass is 212 g/mol. The van der Waals surface area contributed by atoms with Crippen molar-refractivity contribution in [1.29, 1.82) is 0 Å². The molecule has 0 fully saturated rings. The first kappa shape index (κ1) is 10.8. The zero-order valence-electron chi connectivity index (χ0n) is 8.63. The summed E-state index contributed by atoms with van der Waals surface area (Å²) in [7, 11) is 0.202. The molecule has 0 atom stereocenters. The molecule has 0 aliphatic carbocycles. The molecule has 0 aliphatic rings. The zero-order valence-corrected chi connectivity index (χ0v) is 10.4. The van der Waals surface area contributed by atoms with Crippen molar-refractivity contribution < 1.29 is 4.43 Å². The maximum atomic E-state index is 5.53. The number of hydrogen-bond acceptors (Lipinski definition) is 2. The SMILES string of the molecule is CO[Si](C)(C)c1ccc(SC)cc1. The van der Waals surface area contributed by atoms with Gasteiger partial charge in [-0.15, -0.1) is 11.8 Å². The van der Waals surface area contributed by atoms with E-state index in [4.69, 9.17) is 4.43 Å². The van der Waals surface area contributed by atoms with Crippen molar-refractivity contribution in [2.75, 3.05) is 13.4 Å². The first-order valence-corrected chi connectivity index (χ1v) is 8.43. The van der Waals surface area contributed by atoms with Crippen LogP contribution in [0.1, 0.15) is 0 Å². The lowest BCUT2D eigenvalue weighted by molar-refractivity contribution is 0.416. The Kier molecular flexibility index (Phi) is 3.59. The van der Waals surface area contributed by atoms with Crippen molar-refractivity contribution in [2.24, 2.45) is 0 Å². The van der Waals surface area contributed by atoms with Crippen LogP contribution in [0.4, 0.5) is 0 Å². The Morgan fingerprint density at radius 2 is 1.69 bits per heavy atom. The van der Waals surface area contributed by atoms with E-state index in [1.54, 1.807) is 18.9 Å². The molecule has 0 aliphatic heterocycles. The Hall–Kier alpha value is -0.253. The molecule has 13 heavy (non-hydrogen) atoms. The molecular formula is C10H16OSSi. The van der Waals surface area contributed by atoms with Gasteiger partial charge in [0.15, 0.2) is 0 Å². The highest BCUT2D eigenvalue weighted by molar-refractivity contribution is 7.98. The average molecular weight is 212 g/mol. The summed E-state index contributed by atoms with van der Waals surface area (Å²) in [4.78, 5) is 1.31. The Morgan fingerprint density at radius 1 is 1.15 bits per heavy atom. The van der Waals surface area contributed by atoms with Crippen LogP contribution in [0.2, 0.25) is 13.1 Å². The molecule has 72 valence electrons. The minimum atomic E-state index is -1.60. The molecule has 0 heterocycles. The molecular weight excluding hydrogens is 196 g/mol. The van der Waals surface area contributed by atoms with Crippen LogP contribution in [0.15, 0.2) is 29.2 Å². The van der Waals surface area contributed by atoms with Crippen molar-refractivity contribution in [2.45, 2.75) is 18.0 Å². The lowest BCUT2D eigenvalue weighted by Gasteiger charge is -2.20. The Morgan fingerprint density at radius 3 is 2.08 bits per heavy atom. The van der Waals surface area contributed by atoms with E-state index in [0.717, 1.165) is 0 Å². The van der Waals surface area contributed by atoms with Crippen LogP contribution in [-0.4, -0.2) is 21.7 Å². The highest BCUT2D eigenvalue weighted by Gasteiger charge is 2.22. The smallest absolute Gasteiger partial charge is 0.217 e. The average Bonchev–Trinajstić information content (AvgIpc) is 2.18. The minimum absolute atomic E-state index is 1.31. The van der Waals surface area contributed by atoms with Gasteiger partial charge in [-0.3, -0.25) is 0 Å². The standard InChI is InChI=1S/C10H16OSSi/c1-11-13(3,4)10-7-5-9(12-2)6-8-10/h5-8H,1-4H3. The molecule has 0 bridgehead atoms. The van der Waals surface area contributed by atoms with Gasteiger partial charge in [-0.1, -0.05) is 12.1 Å². The summed E-state index contributed by atoms with van der Waals surface area (Å²) in [6.07, 6.45) is 2.09. The third-order valence-corrected chi connectivity index (χ3v) is 5.78. The molecule has 3 heteroatoms. The van der Waals surface area contributed by atoms with Crippen LogP contribution >= 0.6 is 11.8 Å². The van der Waals surface area contributed by atoms with Gasteiger partial charge in [0.05, 0.1) is 0 Å². The fourth-order valence-electron chi connectivity index (χ4n) is 1.11. The molecule has 0 amide bonds. The van der Waals surface area contributed by atoms with Crippen LogP contribution in [0, 0.1) is 0 Å². The van der Waals surface area contributed by atoms with Crippen molar-refractivity contribution in [1.82, 2.24) is 0 Å². The molecule has 1 aromatic carbocycles. The van der Waals surface area contributed by atoms with E-state index in [2.05, 4.69) is 43.6 Å². The van der Waals surface area contributed by atoms with Gasteiger partial charge in [-0.2, -0.15) is 0 Å². The van der Waals surface area contributed by atoms with Gasteiger partial charge in [0.25, 0.3) is 0 Å². The summed E-state index contributed by atoms with van der Waals surface area (Å²) >= 11 is 1.77. The zero-order chi connectivity index (χ0) is 9.90. The summed E-state index contributed by atoms with van der Waals surface area (Å²) < 4.78 is 5.53. The Labute approximate surface area is 85.6 Å². The second-order valence-electron chi connectivity index (χ2n) is 3.44. The van der Waals surface area contributed by atoms with Crippen molar-refractivity contribution in [3.8, 4) is 0 Å². The normalized spacial score (nSPS) is 11.7. The van der Waals surface area contributed by atoms with Gasteiger partial charge in [-0.25, -0.2) is 0 Å². The van der Waals surface area contributed by atoms with Crippen molar-refractivity contribution >= 4 is 25.3 Å². The maximum absolute atomic E-state index is 5.53. The minimum Gasteiger partial charge on any atom is -0.416 e. The van der Waals surface area contributed by atoms with E-state index in [1.807, 2.05) is 0 Å². The largest absolute Gasteiger partial charge is 0.416 e. The molecule has 1 aromatic rings. The topological polar surface area (TPSA) is 9.23 Å². The van der Waals surface area contributed by atoms with Gasteiger partial charge in [0.1, 0.15) is 0 Å². The number of benzene rings is 1. The summed E-state index contributed by atoms with van der Waals surface area (Å²) in [5.74, 6) is 0. The summed E-state index contributed by atoms with van der Waals surface area (Å²) in [5.41, 5.74) is 0. The predicted molar refractivity (Wildman–Crippen MR) is 62.3 cm³/mol. The van der Waals surface area contributed by atoms with Crippen LogP contribution in [0.3, 0.4) is 0 Å². The highest BCUT2D eigenvalue weighted by atomic mass is 32.2. The van der Waals surface area contributed by atoms with Gasteiger partial charge in [-0.05, 0) is 36.7 Å². The van der Waals surface area contributed by atoms with Gasteiger partial charge in [0.2, 0.25) is 8.32 Å². The van der Waals surface area contributed by atoms with E-state index < -0.39 is 8.32 Å². The van der Waals surface area contributed by atoms with Crippen molar-refractivity contribution in [3.63, 3.8) is 0 Å². The summed E-state index contributed by atoms with van der Waals surface area (Å²) in [5, 5.41) is 1.35. The van der Waals surface area contributed by atoms with Crippen LogP contribution in [-0.2, 0) is 4.43 Å². The number of rotatable bonds is 3. The molecule has 0 spiro atoms. The molecule has 0 saturated heterocycles. The molecule has 0 aromatic heterocycles. The molecule has 0 unspecified atom stereocenters. The van der Waals surface area contributed by atoms with E-state index in [1.165, 1.54) is 10.1 Å². The van der Waals surface area contributed by atoms with E-state index in [-0.39, 0.29) is 0 Å². The molecule has 0 saturated carbocycles. The third-order valence-electron chi connectivity index (χ3n) is 2.30. The second-order valence-corrected chi connectivity index (χ2v) is 8.33. The predicted octanol–water partition coefficient (Wildman–Crippen LogP) is 2.47. The maximum Gasteiger partial charge on any atom is 0.217 e. The lowest BCUT2D eigenvalue weighted by atomic mass is 10.4. The van der Waals surface area contributed by atoms with Crippen LogP contribution < -0.4 is 5.19 Å². The third kappa shape index (κ3) is 2.59. The van der Waals surface area contributed by atoms with E-state index in [9.17, 15) is 0 Å². The molecule has 1 nitrogen and oxygen atoms in total. The number of hydrogen-bond donors (Lipinski definition) is 0. The summed E-state index contributed by atoms with van der Waals surface area (Å²) in [6.45, 7) is 4.42. The van der Waals surface area contributed by atoms with Crippen LogP contribution in [0.5, 0.6) is 0 Å². The quantitative estimate of drug-likeness (QED) is 0.562. The first-order chi connectivity index (χ1) is 6.10. The van der Waals surface area contributed by atoms with Crippen molar-refractivity contribution in [3.05, 3.63) is 24.3 Å². The molecule has 0 N–H and O–H groups in total. The lowest BCUT2D eigenvalue weighted by Crippen LogP contribution is -2.43. The fraction of sp³-hybridized carbons (Fsp3) is 0.400. The number of thioether (sulfide) groups is 1. The Balaban J connectivity index is 2.92. The Bertz CT molecular complexity index is 269. The van der Waals surface area contributed by atoms with E-state index >= 15 is 0 Å². The highest BCUT2D eigenvalue weighted by Crippen LogP contribution is 2.13. The molecule has 1 rings (SSSR count). The van der Waals surface area contributed by atoms with E-state index in [0.29, 0.717) is 0 Å². The van der Waals surface area contributed by atoms with Gasteiger partial charge >= 0.3 is 0 Å². The molecule has 0 radical (unpaired) electrons.